The van der Waals surface area contributed by atoms with Crippen molar-refractivity contribution in [2.45, 2.75) is 20.5 Å². The van der Waals surface area contributed by atoms with Crippen LogP contribution in [0.25, 0.3) is 0 Å². The number of aryl methyl sites for hydroxylation is 1. The summed E-state index contributed by atoms with van der Waals surface area (Å²) in [4.78, 5) is 12.2. The first-order chi connectivity index (χ1) is 14.2. The zero-order valence-corrected chi connectivity index (χ0v) is 16.6. The number of nitrogens with one attached hydrogen (secondary N) is 1. The van der Waals surface area contributed by atoms with Gasteiger partial charge in [-0.05, 0) is 54.8 Å². The molecule has 5 heteroatoms. The van der Waals surface area contributed by atoms with E-state index in [4.69, 9.17) is 9.47 Å². The highest BCUT2D eigenvalue weighted by molar-refractivity contribution is 5.96. The minimum Gasteiger partial charge on any atom is -0.490 e. The number of rotatable bonds is 8. The minimum absolute atomic E-state index is 0.243. The van der Waals surface area contributed by atoms with Crippen molar-refractivity contribution in [3.8, 4) is 11.5 Å². The Balaban J connectivity index is 1.66. The van der Waals surface area contributed by atoms with Crippen LogP contribution >= 0.6 is 0 Å². The molecule has 0 unspecified atom stereocenters. The zero-order chi connectivity index (χ0) is 20.5. The summed E-state index contributed by atoms with van der Waals surface area (Å²) in [6, 6.07) is 22.9. The third kappa shape index (κ3) is 5.69. The Morgan fingerprint density at radius 2 is 1.72 bits per heavy atom. The normalized spacial score (nSPS) is 10.7. The maximum Gasteiger partial charge on any atom is 0.271 e. The average molecular weight is 388 g/mol. The number of carbonyl (C=O) groups is 1. The van der Waals surface area contributed by atoms with Gasteiger partial charge >= 0.3 is 0 Å². The first kappa shape index (κ1) is 20.1. The molecular formula is C24H24N2O3. The average Bonchev–Trinajstić information content (AvgIpc) is 2.74. The second kappa shape index (κ2) is 10.1. The molecule has 148 valence electrons. The number of amides is 1. The summed E-state index contributed by atoms with van der Waals surface area (Å²) in [5.41, 5.74) is 5.94. The molecule has 0 heterocycles. The van der Waals surface area contributed by atoms with Gasteiger partial charge in [0.1, 0.15) is 6.61 Å². The van der Waals surface area contributed by atoms with Crippen LogP contribution in [0.5, 0.6) is 11.5 Å². The van der Waals surface area contributed by atoms with Crippen molar-refractivity contribution < 1.29 is 14.3 Å². The lowest BCUT2D eigenvalue weighted by atomic mass is 10.1. The molecule has 29 heavy (non-hydrogen) atoms. The lowest BCUT2D eigenvalue weighted by Gasteiger charge is -2.12. The van der Waals surface area contributed by atoms with Crippen LogP contribution in [0, 0.1) is 6.92 Å². The number of carbonyl (C=O) groups excluding carboxylic acids is 1. The van der Waals surface area contributed by atoms with Crippen LogP contribution in [0.3, 0.4) is 0 Å². The summed E-state index contributed by atoms with van der Waals surface area (Å²) in [6.45, 7) is 4.79. The number of ether oxygens (including phenoxy) is 2. The maximum atomic E-state index is 12.2. The van der Waals surface area contributed by atoms with Crippen LogP contribution < -0.4 is 14.9 Å². The highest BCUT2D eigenvalue weighted by Crippen LogP contribution is 2.28. The van der Waals surface area contributed by atoms with Crippen molar-refractivity contribution in [3.05, 3.63) is 95.1 Å². The Labute approximate surface area is 171 Å². The third-order valence-corrected chi connectivity index (χ3v) is 4.27. The Hall–Kier alpha value is -3.60. The van der Waals surface area contributed by atoms with Crippen molar-refractivity contribution >= 4 is 12.1 Å². The van der Waals surface area contributed by atoms with Gasteiger partial charge in [0.15, 0.2) is 11.5 Å². The smallest absolute Gasteiger partial charge is 0.271 e. The van der Waals surface area contributed by atoms with Gasteiger partial charge in [0.05, 0.1) is 12.8 Å². The summed E-state index contributed by atoms with van der Waals surface area (Å²) in [5.74, 6) is 1.06. The highest BCUT2D eigenvalue weighted by Gasteiger charge is 2.08. The molecule has 0 radical (unpaired) electrons. The van der Waals surface area contributed by atoms with Gasteiger partial charge in [-0.25, -0.2) is 5.43 Å². The van der Waals surface area contributed by atoms with Crippen LogP contribution in [0.15, 0.2) is 77.9 Å². The first-order valence-electron chi connectivity index (χ1n) is 9.50. The molecule has 0 saturated heterocycles. The first-order valence-corrected chi connectivity index (χ1v) is 9.50. The van der Waals surface area contributed by atoms with Gasteiger partial charge < -0.3 is 9.47 Å². The molecule has 0 aliphatic rings. The molecule has 0 atom stereocenters. The lowest BCUT2D eigenvalue weighted by Crippen LogP contribution is -2.18. The fraction of sp³-hybridized carbons (Fsp3) is 0.167. The largest absolute Gasteiger partial charge is 0.490 e. The molecular weight excluding hydrogens is 364 g/mol. The van der Waals surface area contributed by atoms with Gasteiger partial charge in [0.25, 0.3) is 5.91 Å². The van der Waals surface area contributed by atoms with E-state index < -0.39 is 0 Å². The van der Waals surface area contributed by atoms with Crippen LogP contribution in [-0.2, 0) is 6.61 Å². The molecule has 5 nitrogen and oxygen atoms in total. The van der Waals surface area contributed by atoms with E-state index in [2.05, 4.69) is 10.5 Å². The third-order valence-electron chi connectivity index (χ3n) is 4.27. The topological polar surface area (TPSA) is 59.9 Å². The summed E-state index contributed by atoms with van der Waals surface area (Å²) >= 11 is 0. The Kier molecular flexibility index (Phi) is 7.00. The molecule has 3 rings (SSSR count). The minimum atomic E-state index is -0.243. The standard InChI is InChI=1S/C24H24N2O3/c1-3-28-23-15-20(13-14-22(23)29-17-19-10-5-4-6-11-19)16-25-26-24(27)21-12-8-7-9-18(21)2/h4-16H,3,17H2,1-2H3,(H,26,27)/b25-16+. The molecule has 1 amide bonds. The van der Waals surface area contributed by atoms with Crippen molar-refractivity contribution in [1.82, 2.24) is 5.43 Å². The Morgan fingerprint density at radius 3 is 2.48 bits per heavy atom. The molecule has 0 aromatic heterocycles. The molecule has 0 bridgehead atoms. The number of hydrogen-bond acceptors (Lipinski definition) is 4. The fourth-order valence-electron chi connectivity index (χ4n) is 2.78. The molecule has 0 fully saturated rings. The second-order valence-electron chi connectivity index (χ2n) is 6.43. The van der Waals surface area contributed by atoms with Crippen LogP contribution in [0.1, 0.15) is 34.0 Å². The van der Waals surface area contributed by atoms with E-state index in [1.165, 1.54) is 0 Å². The Bertz CT molecular complexity index is 984. The van der Waals surface area contributed by atoms with E-state index in [0.29, 0.717) is 30.3 Å². The maximum absolute atomic E-state index is 12.2. The predicted octanol–water partition coefficient (Wildman–Crippen LogP) is 4.74. The zero-order valence-electron chi connectivity index (χ0n) is 16.6. The van der Waals surface area contributed by atoms with E-state index >= 15 is 0 Å². The molecule has 3 aromatic carbocycles. The summed E-state index contributed by atoms with van der Waals surface area (Å²) < 4.78 is 11.6. The van der Waals surface area contributed by atoms with Crippen LogP contribution in [0.2, 0.25) is 0 Å². The summed E-state index contributed by atoms with van der Waals surface area (Å²) in [6.07, 6.45) is 1.58. The molecule has 0 aliphatic heterocycles. The highest BCUT2D eigenvalue weighted by atomic mass is 16.5. The summed E-state index contributed by atoms with van der Waals surface area (Å²) in [5, 5.41) is 4.06. The monoisotopic (exact) mass is 388 g/mol. The molecule has 0 aliphatic carbocycles. The van der Waals surface area contributed by atoms with Gasteiger partial charge in [-0.1, -0.05) is 48.5 Å². The number of hydrogen-bond donors (Lipinski definition) is 1. The quantitative estimate of drug-likeness (QED) is 0.448. The lowest BCUT2D eigenvalue weighted by molar-refractivity contribution is 0.0954. The molecule has 3 aromatic rings. The van der Waals surface area contributed by atoms with Crippen molar-refractivity contribution in [1.29, 1.82) is 0 Å². The van der Waals surface area contributed by atoms with E-state index in [9.17, 15) is 4.79 Å². The van der Waals surface area contributed by atoms with Gasteiger partial charge in [-0.2, -0.15) is 5.10 Å². The van der Waals surface area contributed by atoms with Crippen molar-refractivity contribution in [2.24, 2.45) is 5.10 Å². The van der Waals surface area contributed by atoms with E-state index in [0.717, 1.165) is 16.7 Å². The van der Waals surface area contributed by atoms with Crippen LogP contribution in [-0.4, -0.2) is 18.7 Å². The Morgan fingerprint density at radius 1 is 0.966 bits per heavy atom. The van der Waals surface area contributed by atoms with E-state index in [1.807, 2.05) is 80.6 Å². The predicted molar refractivity (Wildman–Crippen MR) is 115 cm³/mol. The summed E-state index contributed by atoms with van der Waals surface area (Å²) in [7, 11) is 0. The van der Waals surface area contributed by atoms with Gasteiger partial charge in [0.2, 0.25) is 0 Å². The van der Waals surface area contributed by atoms with E-state index in [-0.39, 0.29) is 5.91 Å². The SMILES string of the molecule is CCOc1cc(/C=N/NC(=O)c2ccccc2C)ccc1OCc1ccccc1. The van der Waals surface area contributed by atoms with Crippen LogP contribution in [0.4, 0.5) is 0 Å². The van der Waals surface area contributed by atoms with Gasteiger partial charge in [0, 0.05) is 5.56 Å². The van der Waals surface area contributed by atoms with E-state index in [1.54, 1.807) is 12.3 Å². The molecule has 0 spiro atoms. The fourth-order valence-corrected chi connectivity index (χ4v) is 2.78. The van der Waals surface area contributed by atoms with Crippen molar-refractivity contribution in [3.63, 3.8) is 0 Å². The molecule has 0 saturated carbocycles. The van der Waals surface area contributed by atoms with Gasteiger partial charge in [-0.3, -0.25) is 4.79 Å². The van der Waals surface area contributed by atoms with Crippen molar-refractivity contribution in [2.75, 3.05) is 6.61 Å². The molecule has 1 N–H and O–H groups in total. The second-order valence-corrected chi connectivity index (χ2v) is 6.43. The number of benzene rings is 3. The number of nitrogens with zero attached hydrogens (tertiary/aromatic N) is 1. The van der Waals surface area contributed by atoms with Gasteiger partial charge in [-0.15, -0.1) is 0 Å². The number of hydrazone groups is 1.